The Balaban J connectivity index is 2.53. The first-order chi connectivity index (χ1) is 9.68. The minimum atomic E-state index is -0.893. The van der Waals surface area contributed by atoms with Gasteiger partial charge in [0.15, 0.2) is 0 Å². The lowest BCUT2D eigenvalue weighted by molar-refractivity contribution is -0.136. The summed E-state index contributed by atoms with van der Waals surface area (Å²) in [5, 5.41) is 14.3. The third-order valence-electron chi connectivity index (χ3n) is 3.59. The second-order valence-electron chi connectivity index (χ2n) is 6.37. The summed E-state index contributed by atoms with van der Waals surface area (Å²) in [6.45, 7) is 9.07. The molecule has 0 fully saturated rings. The van der Waals surface area contributed by atoms with E-state index in [0.29, 0.717) is 23.7 Å². The van der Waals surface area contributed by atoms with Gasteiger partial charge in [0.05, 0.1) is 6.42 Å². The highest BCUT2D eigenvalue weighted by atomic mass is 16.4. The summed E-state index contributed by atoms with van der Waals surface area (Å²) in [6.07, 6.45) is -0.0573. The Bertz CT molecular complexity index is 506. The molecule has 0 aliphatic rings. The zero-order valence-corrected chi connectivity index (χ0v) is 13.1. The van der Waals surface area contributed by atoms with Crippen molar-refractivity contribution in [2.24, 2.45) is 11.3 Å². The van der Waals surface area contributed by atoms with Gasteiger partial charge in [-0.1, -0.05) is 39.8 Å². The van der Waals surface area contributed by atoms with Gasteiger partial charge < -0.3 is 15.7 Å². The predicted molar refractivity (Wildman–Crippen MR) is 83.4 cm³/mol. The average Bonchev–Trinajstić information content (AvgIpc) is 2.34. The number of carboxylic acids is 1. The number of amides is 2. The molecule has 0 aliphatic heterocycles. The molecule has 0 saturated carbocycles. The first-order valence-electron chi connectivity index (χ1n) is 7.04. The molecule has 0 spiro atoms. The number of rotatable bonds is 5. The Kier molecular flexibility index (Phi) is 5.76. The van der Waals surface area contributed by atoms with Crippen molar-refractivity contribution in [2.45, 2.75) is 34.1 Å². The Hall–Kier alpha value is -2.04. The third kappa shape index (κ3) is 6.29. The van der Waals surface area contributed by atoms with Gasteiger partial charge in [0.25, 0.3) is 0 Å². The van der Waals surface area contributed by atoms with Gasteiger partial charge in [-0.15, -0.1) is 0 Å². The molecule has 3 N–H and O–H groups in total. The number of aliphatic carboxylic acids is 1. The number of hydrogen-bond acceptors (Lipinski definition) is 2. The van der Waals surface area contributed by atoms with E-state index < -0.39 is 5.97 Å². The van der Waals surface area contributed by atoms with Crippen LogP contribution in [0.4, 0.5) is 10.5 Å². The smallest absolute Gasteiger partial charge is 0.319 e. The van der Waals surface area contributed by atoms with Crippen molar-refractivity contribution in [1.29, 1.82) is 0 Å². The number of nitrogens with one attached hydrogen (secondary N) is 2. The quantitative estimate of drug-likeness (QED) is 0.780. The Morgan fingerprint density at radius 3 is 2.52 bits per heavy atom. The summed E-state index contributed by atoms with van der Waals surface area (Å²) in [6, 6.07) is 6.57. The molecule has 0 bridgehead atoms. The molecule has 0 radical (unpaired) electrons. The van der Waals surface area contributed by atoms with Crippen molar-refractivity contribution in [2.75, 3.05) is 11.9 Å². The van der Waals surface area contributed by atoms with Crippen LogP contribution in [-0.4, -0.2) is 23.7 Å². The van der Waals surface area contributed by atoms with E-state index >= 15 is 0 Å². The zero-order chi connectivity index (χ0) is 16.0. The summed E-state index contributed by atoms with van der Waals surface area (Å²) in [5.74, 6) is -0.544. The maximum atomic E-state index is 11.8. The standard InChI is InChI=1S/C16H24N2O3/c1-11(16(2,3)4)10-17-15(21)18-13-7-5-6-12(8-13)9-14(19)20/h5-8,11H,9-10H2,1-4H3,(H,19,20)(H2,17,18,21). The van der Waals surface area contributed by atoms with E-state index in [1.54, 1.807) is 24.3 Å². The molecule has 1 atom stereocenters. The van der Waals surface area contributed by atoms with Gasteiger partial charge in [0.2, 0.25) is 0 Å². The minimum Gasteiger partial charge on any atom is -0.481 e. The van der Waals surface area contributed by atoms with Crippen LogP contribution in [0.15, 0.2) is 24.3 Å². The van der Waals surface area contributed by atoms with Crippen LogP contribution in [0.3, 0.4) is 0 Å². The summed E-state index contributed by atoms with van der Waals surface area (Å²) >= 11 is 0. The molecule has 0 heterocycles. The lowest BCUT2D eigenvalue weighted by Gasteiger charge is -2.27. The number of carbonyl (C=O) groups is 2. The van der Waals surface area contributed by atoms with Crippen LogP contribution in [0, 0.1) is 11.3 Å². The van der Waals surface area contributed by atoms with Crippen LogP contribution >= 0.6 is 0 Å². The number of carboxylic acid groups (broad SMARTS) is 1. The molecular weight excluding hydrogens is 268 g/mol. The van der Waals surface area contributed by atoms with E-state index in [1.165, 1.54) is 0 Å². The largest absolute Gasteiger partial charge is 0.481 e. The van der Waals surface area contributed by atoms with Crippen molar-refractivity contribution in [3.05, 3.63) is 29.8 Å². The number of carbonyl (C=O) groups excluding carboxylic acids is 1. The maximum absolute atomic E-state index is 11.8. The van der Waals surface area contributed by atoms with Crippen molar-refractivity contribution < 1.29 is 14.7 Å². The molecule has 5 nitrogen and oxygen atoms in total. The number of hydrogen-bond donors (Lipinski definition) is 3. The van der Waals surface area contributed by atoms with Crippen LogP contribution in [-0.2, 0) is 11.2 Å². The zero-order valence-electron chi connectivity index (χ0n) is 13.1. The molecule has 1 aromatic carbocycles. The second-order valence-corrected chi connectivity index (χ2v) is 6.37. The minimum absolute atomic E-state index is 0.0573. The van der Waals surface area contributed by atoms with Crippen molar-refractivity contribution in [3.8, 4) is 0 Å². The fourth-order valence-corrected chi connectivity index (χ4v) is 1.66. The topological polar surface area (TPSA) is 78.4 Å². The van der Waals surface area contributed by atoms with E-state index in [2.05, 4.69) is 38.3 Å². The summed E-state index contributed by atoms with van der Waals surface area (Å²) in [7, 11) is 0. The molecule has 0 aromatic heterocycles. The summed E-state index contributed by atoms with van der Waals surface area (Å²) in [5.41, 5.74) is 1.38. The molecule has 1 aromatic rings. The van der Waals surface area contributed by atoms with Gasteiger partial charge in [0.1, 0.15) is 0 Å². The maximum Gasteiger partial charge on any atom is 0.319 e. The number of anilines is 1. The van der Waals surface area contributed by atoms with Crippen LogP contribution < -0.4 is 10.6 Å². The van der Waals surface area contributed by atoms with Gasteiger partial charge >= 0.3 is 12.0 Å². The van der Waals surface area contributed by atoms with Gasteiger partial charge in [0, 0.05) is 12.2 Å². The van der Waals surface area contributed by atoms with E-state index in [0.717, 1.165) is 0 Å². The van der Waals surface area contributed by atoms with Crippen LogP contribution in [0.5, 0.6) is 0 Å². The van der Waals surface area contributed by atoms with Crippen LogP contribution in [0.1, 0.15) is 33.3 Å². The third-order valence-corrected chi connectivity index (χ3v) is 3.59. The number of urea groups is 1. The highest BCUT2D eigenvalue weighted by Gasteiger charge is 2.20. The molecule has 2 amide bonds. The Morgan fingerprint density at radius 1 is 1.29 bits per heavy atom. The van der Waals surface area contributed by atoms with Gasteiger partial charge in [-0.3, -0.25) is 4.79 Å². The highest BCUT2D eigenvalue weighted by Crippen LogP contribution is 2.24. The summed E-state index contributed by atoms with van der Waals surface area (Å²) in [4.78, 5) is 22.5. The summed E-state index contributed by atoms with van der Waals surface area (Å²) < 4.78 is 0. The fourth-order valence-electron chi connectivity index (χ4n) is 1.66. The van der Waals surface area contributed by atoms with Crippen molar-refractivity contribution >= 4 is 17.7 Å². The predicted octanol–water partition coefficient (Wildman–Crippen LogP) is 3.12. The monoisotopic (exact) mass is 292 g/mol. The Morgan fingerprint density at radius 2 is 1.95 bits per heavy atom. The van der Waals surface area contributed by atoms with E-state index in [9.17, 15) is 9.59 Å². The SMILES string of the molecule is CC(CNC(=O)Nc1cccc(CC(=O)O)c1)C(C)(C)C. The van der Waals surface area contributed by atoms with E-state index in [4.69, 9.17) is 5.11 Å². The highest BCUT2D eigenvalue weighted by molar-refractivity contribution is 5.89. The normalized spacial score (nSPS) is 12.6. The van der Waals surface area contributed by atoms with Crippen LogP contribution in [0.2, 0.25) is 0 Å². The fraction of sp³-hybridized carbons (Fsp3) is 0.500. The molecule has 1 rings (SSSR count). The lowest BCUT2D eigenvalue weighted by atomic mass is 9.82. The lowest BCUT2D eigenvalue weighted by Crippen LogP contribution is -2.36. The first-order valence-corrected chi connectivity index (χ1v) is 7.04. The second kappa shape index (κ2) is 7.11. The van der Waals surface area contributed by atoms with E-state index in [1.807, 2.05) is 0 Å². The molecule has 21 heavy (non-hydrogen) atoms. The van der Waals surface area contributed by atoms with Gasteiger partial charge in [-0.2, -0.15) is 0 Å². The molecule has 0 aliphatic carbocycles. The molecular formula is C16H24N2O3. The van der Waals surface area contributed by atoms with Crippen LogP contribution in [0.25, 0.3) is 0 Å². The van der Waals surface area contributed by atoms with Gasteiger partial charge in [-0.05, 0) is 29.0 Å². The number of benzene rings is 1. The van der Waals surface area contributed by atoms with Crippen molar-refractivity contribution in [1.82, 2.24) is 5.32 Å². The molecule has 116 valence electrons. The Labute approximate surface area is 125 Å². The molecule has 0 saturated heterocycles. The van der Waals surface area contributed by atoms with Crippen molar-refractivity contribution in [3.63, 3.8) is 0 Å². The first kappa shape index (κ1) is 17.0. The molecule has 1 unspecified atom stereocenters. The molecule has 5 heteroatoms. The van der Waals surface area contributed by atoms with Gasteiger partial charge in [-0.25, -0.2) is 4.79 Å². The van der Waals surface area contributed by atoms with E-state index in [-0.39, 0.29) is 17.9 Å². The average molecular weight is 292 g/mol.